The Morgan fingerprint density at radius 1 is 1.29 bits per heavy atom. The maximum absolute atomic E-state index is 12.8. The zero-order chi connectivity index (χ0) is 15.8. The fourth-order valence-corrected chi connectivity index (χ4v) is 2.43. The molecule has 0 saturated heterocycles. The molecule has 0 radical (unpaired) electrons. The molecule has 2 heterocycles. The van der Waals surface area contributed by atoms with Crippen molar-refractivity contribution in [3.8, 4) is 0 Å². The number of nitrogens with one attached hydrogen (secondary N) is 1. The number of hydrogen-bond acceptors (Lipinski definition) is 5. The van der Waals surface area contributed by atoms with Crippen LogP contribution in [0.1, 0.15) is 37.9 Å². The highest BCUT2D eigenvalue weighted by Crippen LogP contribution is 2.31. The number of halogens is 3. The molecule has 1 N–H and O–H groups in total. The fraction of sp³-hybridized carbons (Fsp3) is 0.583. The molecule has 5 nitrogen and oxygen atoms in total. The highest BCUT2D eigenvalue weighted by Gasteiger charge is 2.36. The molecule has 0 atom stereocenters. The maximum Gasteiger partial charge on any atom is 0.435 e. The van der Waals surface area contributed by atoms with Gasteiger partial charge in [-0.2, -0.15) is 22.6 Å². The quantitative estimate of drug-likeness (QED) is 0.944. The maximum atomic E-state index is 12.8. The van der Waals surface area contributed by atoms with Crippen molar-refractivity contribution in [2.75, 3.05) is 5.32 Å². The topological polar surface area (TPSA) is 55.6 Å². The highest BCUT2D eigenvalue weighted by molar-refractivity contribution is 7.09. The van der Waals surface area contributed by atoms with Crippen molar-refractivity contribution >= 4 is 16.7 Å². The van der Waals surface area contributed by atoms with Gasteiger partial charge in [-0.05, 0) is 0 Å². The van der Waals surface area contributed by atoms with E-state index >= 15 is 0 Å². The van der Waals surface area contributed by atoms with Crippen LogP contribution in [0.3, 0.4) is 0 Å². The molecule has 0 amide bonds. The van der Waals surface area contributed by atoms with Crippen molar-refractivity contribution < 1.29 is 13.2 Å². The van der Waals surface area contributed by atoms with Gasteiger partial charge in [0, 0.05) is 42.3 Å². The molecule has 0 saturated carbocycles. The van der Waals surface area contributed by atoms with Crippen molar-refractivity contribution in [3.05, 3.63) is 23.3 Å². The third-order valence-corrected chi connectivity index (χ3v) is 3.37. The first-order valence-electron chi connectivity index (χ1n) is 6.25. The molecule has 0 aliphatic heterocycles. The second-order valence-electron chi connectivity index (χ2n) is 5.70. The second-order valence-corrected chi connectivity index (χ2v) is 6.45. The van der Waals surface area contributed by atoms with Crippen LogP contribution >= 0.6 is 11.5 Å². The number of anilines is 1. The fourth-order valence-electron chi connectivity index (χ4n) is 1.68. The van der Waals surface area contributed by atoms with Gasteiger partial charge in [-0.15, -0.1) is 0 Å². The first-order valence-corrected chi connectivity index (χ1v) is 7.02. The summed E-state index contributed by atoms with van der Waals surface area (Å²) in [5, 5.41) is 6.83. The van der Waals surface area contributed by atoms with Crippen LogP contribution < -0.4 is 5.32 Å². The van der Waals surface area contributed by atoms with Crippen molar-refractivity contribution in [1.82, 2.24) is 19.1 Å². The van der Waals surface area contributed by atoms with Crippen LogP contribution in [0, 0.1) is 0 Å². The minimum Gasteiger partial charge on any atom is -0.356 e. The molecule has 2 aromatic heterocycles. The molecule has 0 bridgehead atoms. The van der Waals surface area contributed by atoms with Gasteiger partial charge in [0.1, 0.15) is 5.82 Å². The Kier molecular flexibility index (Phi) is 3.96. The van der Waals surface area contributed by atoms with E-state index in [0.29, 0.717) is 11.0 Å². The number of alkyl halides is 3. The molecule has 0 fully saturated rings. The summed E-state index contributed by atoms with van der Waals surface area (Å²) in [5.41, 5.74) is -0.988. The van der Waals surface area contributed by atoms with Crippen LogP contribution in [0.15, 0.2) is 6.20 Å². The molecule has 0 unspecified atom stereocenters. The first-order chi connectivity index (χ1) is 9.57. The lowest BCUT2D eigenvalue weighted by molar-refractivity contribution is -0.142. The minimum absolute atomic E-state index is 0.00145. The molecular formula is C12H16F3N5S. The van der Waals surface area contributed by atoms with Gasteiger partial charge in [-0.1, -0.05) is 20.8 Å². The number of hydrogen-bond donors (Lipinski definition) is 1. The van der Waals surface area contributed by atoms with E-state index in [9.17, 15) is 13.2 Å². The van der Waals surface area contributed by atoms with E-state index in [2.05, 4.69) is 19.8 Å². The van der Waals surface area contributed by atoms with Gasteiger partial charge >= 0.3 is 6.18 Å². The third kappa shape index (κ3) is 3.72. The van der Waals surface area contributed by atoms with Gasteiger partial charge in [0.2, 0.25) is 5.13 Å². The normalized spacial score (nSPS) is 12.7. The van der Waals surface area contributed by atoms with Crippen molar-refractivity contribution in [3.63, 3.8) is 0 Å². The van der Waals surface area contributed by atoms with Crippen LogP contribution in [0.5, 0.6) is 0 Å². The second kappa shape index (κ2) is 5.28. The first kappa shape index (κ1) is 15.7. The molecule has 2 rings (SSSR count). The Bertz CT molecular complexity index is 624. The van der Waals surface area contributed by atoms with Gasteiger partial charge in [-0.25, -0.2) is 4.98 Å². The predicted molar refractivity (Wildman–Crippen MR) is 74.1 cm³/mol. The van der Waals surface area contributed by atoms with Crippen molar-refractivity contribution in [1.29, 1.82) is 0 Å². The van der Waals surface area contributed by atoms with Crippen LogP contribution in [0.2, 0.25) is 0 Å². The zero-order valence-corrected chi connectivity index (χ0v) is 12.9. The average Bonchev–Trinajstić information content (AvgIpc) is 2.90. The number of rotatable bonds is 3. The molecule has 0 aliphatic carbocycles. The third-order valence-electron chi connectivity index (χ3n) is 2.70. The Labute approximate surface area is 124 Å². The van der Waals surface area contributed by atoms with E-state index in [1.807, 2.05) is 20.8 Å². The smallest absolute Gasteiger partial charge is 0.356 e. The lowest BCUT2D eigenvalue weighted by Crippen LogP contribution is -2.13. The van der Waals surface area contributed by atoms with Crippen molar-refractivity contribution in [2.24, 2.45) is 7.05 Å². The summed E-state index contributed by atoms with van der Waals surface area (Å²) < 4.78 is 43.8. The number of nitrogens with zero attached hydrogens (tertiary/aromatic N) is 4. The summed E-state index contributed by atoms with van der Waals surface area (Å²) in [4.78, 5) is 4.28. The highest BCUT2D eigenvalue weighted by atomic mass is 32.1. The molecule has 0 aliphatic rings. The molecular weight excluding hydrogens is 303 g/mol. The summed E-state index contributed by atoms with van der Waals surface area (Å²) in [6, 6.07) is 0. The summed E-state index contributed by atoms with van der Waals surface area (Å²) in [6.07, 6.45) is -3.11. The Hall–Kier alpha value is -1.64. The van der Waals surface area contributed by atoms with E-state index in [1.165, 1.54) is 13.2 Å². The lowest BCUT2D eigenvalue weighted by Gasteiger charge is -2.12. The molecule has 0 spiro atoms. The van der Waals surface area contributed by atoms with E-state index < -0.39 is 11.9 Å². The monoisotopic (exact) mass is 319 g/mol. The van der Waals surface area contributed by atoms with Gasteiger partial charge < -0.3 is 5.32 Å². The van der Waals surface area contributed by atoms with Gasteiger partial charge in [0.15, 0.2) is 5.69 Å². The van der Waals surface area contributed by atoms with Gasteiger partial charge in [0.05, 0.1) is 0 Å². The van der Waals surface area contributed by atoms with Gasteiger partial charge in [-0.3, -0.25) is 4.68 Å². The van der Waals surface area contributed by atoms with Crippen molar-refractivity contribution in [2.45, 2.75) is 38.9 Å². The number of aryl methyl sites for hydroxylation is 1. The van der Waals surface area contributed by atoms with Crippen LogP contribution in [0.4, 0.5) is 18.3 Å². The SMILES string of the molecule is Cn1cc(CNc2nc(C(C)(C)C)ns2)c(C(F)(F)F)n1. The Morgan fingerprint density at radius 2 is 1.95 bits per heavy atom. The van der Waals surface area contributed by atoms with E-state index in [1.54, 1.807) is 0 Å². The summed E-state index contributed by atoms with van der Waals surface area (Å²) in [7, 11) is 1.46. The Morgan fingerprint density at radius 3 is 2.48 bits per heavy atom. The predicted octanol–water partition coefficient (Wildman–Crippen LogP) is 3.20. The van der Waals surface area contributed by atoms with Gasteiger partial charge in [0.25, 0.3) is 0 Å². The number of aromatic nitrogens is 4. The van der Waals surface area contributed by atoms with E-state index in [-0.39, 0.29) is 17.5 Å². The summed E-state index contributed by atoms with van der Waals surface area (Å²) >= 11 is 1.14. The zero-order valence-electron chi connectivity index (χ0n) is 12.1. The molecule has 9 heteroatoms. The largest absolute Gasteiger partial charge is 0.435 e. The molecule has 116 valence electrons. The Balaban J connectivity index is 2.12. The average molecular weight is 319 g/mol. The van der Waals surface area contributed by atoms with Crippen LogP contribution in [-0.2, 0) is 25.2 Å². The standard InChI is InChI=1S/C12H16F3N5S/c1-11(2,3)9-17-10(21-19-9)16-5-7-6-20(4)18-8(7)12(13,14)15/h6H,5H2,1-4H3,(H,16,17,19). The lowest BCUT2D eigenvalue weighted by atomic mass is 9.96. The van der Waals surface area contributed by atoms with Crippen LogP contribution in [-0.4, -0.2) is 19.1 Å². The molecule has 0 aromatic carbocycles. The minimum atomic E-state index is -4.46. The summed E-state index contributed by atoms with van der Waals surface area (Å²) in [5.74, 6) is 0.664. The molecule has 21 heavy (non-hydrogen) atoms. The van der Waals surface area contributed by atoms with Crippen LogP contribution in [0.25, 0.3) is 0 Å². The summed E-state index contributed by atoms with van der Waals surface area (Å²) in [6.45, 7) is 5.92. The van der Waals surface area contributed by atoms with E-state index in [4.69, 9.17) is 0 Å². The molecule has 2 aromatic rings. The van der Waals surface area contributed by atoms with E-state index in [0.717, 1.165) is 16.2 Å².